The van der Waals surface area contributed by atoms with Gasteiger partial charge < -0.3 is 10.1 Å². The van der Waals surface area contributed by atoms with Crippen molar-refractivity contribution in [3.05, 3.63) is 42.0 Å². The van der Waals surface area contributed by atoms with E-state index in [0.717, 1.165) is 18.8 Å². The zero-order chi connectivity index (χ0) is 14.0. The fraction of sp³-hybridized carbons (Fsp3) is 0.444. The first-order valence-corrected chi connectivity index (χ1v) is 7.47. The summed E-state index contributed by atoms with van der Waals surface area (Å²) in [5, 5.41) is 6.20. The zero-order valence-electron chi connectivity index (χ0n) is 12.4. The fourth-order valence-electron chi connectivity index (χ4n) is 3.14. The lowest BCUT2D eigenvalue weighted by atomic mass is 9.70. The Balaban J connectivity index is 1.81. The molecule has 2 heteroatoms. The van der Waals surface area contributed by atoms with Gasteiger partial charge >= 0.3 is 0 Å². The molecule has 0 heterocycles. The van der Waals surface area contributed by atoms with Crippen LogP contribution in [0, 0.1) is 5.41 Å². The van der Waals surface area contributed by atoms with Gasteiger partial charge in [0, 0.05) is 18.7 Å². The lowest BCUT2D eigenvalue weighted by Crippen LogP contribution is -2.37. The van der Waals surface area contributed by atoms with Crippen molar-refractivity contribution in [3.63, 3.8) is 0 Å². The van der Waals surface area contributed by atoms with Crippen LogP contribution in [0.5, 0.6) is 5.75 Å². The van der Waals surface area contributed by atoms with Gasteiger partial charge in [0.05, 0.1) is 7.11 Å². The van der Waals surface area contributed by atoms with E-state index in [1.54, 1.807) is 7.11 Å². The molecule has 1 N–H and O–H groups in total. The number of hydrogen-bond donors (Lipinski definition) is 1. The molecule has 1 aliphatic carbocycles. The second-order valence-corrected chi connectivity index (χ2v) is 6.24. The molecule has 0 amide bonds. The van der Waals surface area contributed by atoms with Gasteiger partial charge in [-0.15, -0.1) is 0 Å². The Morgan fingerprint density at radius 2 is 1.95 bits per heavy atom. The predicted molar refractivity (Wildman–Crippen MR) is 84.2 cm³/mol. The highest BCUT2D eigenvalue weighted by Crippen LogP contribution is 2.39. The van der Waals surface area contributed by atoms with Crippen molar-refractivity contribution in [1.29, 1.82) is 0 Å². The first-order chi connectivity index (χ1) is 9.72. The molecule has 3 rings (SSSR count). The maximum absolute atomic E-state index is 5.54. The quantitative estimate of drug-likeness (QED) is 0.881. The fourth-order valence-corrected chi connectivity index (χ4v) is 3.14. The minimum atomic E-state index is 0.512. The van der Waals surface area contributed by atoms with Crippen molar-refractivity contribution < 1.29 is 4.74 Å². The normalized spacial score (nSPS) is 16.9. The standard InChI is InChI=1S/C18H23NO/c1-18(10-5-11-18)13-19-12-16-15-7-4-3-6-14(15)8-9-17(16)20-2/h3-4,6-9,19H,5,10-13H2,1-2H3. The van der Waals surface area contributed by atoms with Gasteiger partial charge in [0.15, 0.2) is 0 Å². The van der Waals surface area contributed by atoms with E-state index in [-0.39, 0.29) is 0 Å². The van der Waals surface area contributed by atoms with Gasteiger partial charge in [0.2, 0.25) is 0 Å². The van der Waals surface area contributed by atoms with Crippen LogP contribution in [0.15, 0.2) is 36.4 Å². The Bertz CT molecular complexity index is 601. The van der Waals surface area contributed by atoms with E-state index in [1.807, 2.05) is 0 Å². The van der Waals surface area contributed by atoms with Crippen LogP contribution in [-0.4, -0.2) is 13.7 Å². The number of methoxy groups -OCH3 is 1. The van der Waals surface area contributed by atoms with Crippen LogP contribution >= 0.6 is 0 Å². The van der Waals surface area contributed by atoms with Crippen LogP contribution in [-0.2, 0) is 6.54 Å². The first-order valence-electron chi connectivity index (χ1n) is 7.47. The number of rotatable bonds is 5. The topological polar surface area (TPSA) is 21.3 Å². The Labute approximate surface area is 121 Å². The maximum Gasteiger partial charge on any atom is 0.123 e. The van der Waals surface area contributed by atoms with E-state index in [0.29, 0.717) is 5.41 Å². The molecular formula is C18H23NO. The van der Waals surface area contributed by atoms with Crippen molar-refractivity contribution >= 4 is 10.8 Å². The van der Waals surface area contributed by atoms with Crippen molar-refractivity contribution in [2.45, 2.75) is 32.7 Å². The van der Waals surface area contributed by atoms with E-state index in [4.69, 9.17) is 4.74 Å². The zero-order valence-corrected chi connectivity index (χ0v) is 12.4. The van der Waals surface area contributed by atoms with Gasteiger partial charge in [-0.25, -0.2) is 0 Å². The Kier molecular flexibility index (Phi) is 3.66. The molecule has 0 aromatic heterocycles. The van der Waals surface area contributed by atoms with Crippen molar-refractivity contribution in [2.75, 3.05) is 13.7 Å². The molecule has 0 atom stereocenters. The van der Waals surface area contributed by atoms with E-state index < -0.39 is 0 Å². The second-order valence-electron chi connectivity index (χ2n) is 6.24. The number of ether oxygens (including phenoxy) is 1. The average Bonchev–Trinajstić information content (AvgIpc) is 2.45. The molecule has 1 saturated carbocycles. The summed E-state index contributed by atoms with van der Waals surface area (Å²) in [5.74, 6) is 0.981. The summed E-state index contributed by atoms with van der Waals surface area (Å²) >= 11 is 0. The monoisotopic (exact) mass is 269 g/mol. The lowest BCUT2D eigenvalue weighted by Gasteiger charge is -2.38. The minimum absolute atomic E-state index is 0.512. The van der Waals surface area contributed by atoms with E-state index in [9.17, 15) is 0 Å². The van der Waals surface area contributed by atoms with Gasteiger partial charge in [0.25, 0.3) is 0 Å². The van der Waals surface area contributed by atoms with Crippen LogP contribution in [0.3, 0.4) is 0 Å². The third kappa shape index (κ3) is 2.53. The van der Waals surface area contributed by atoms with Crippen LogP contribution < -0.4 is 10.1 Å². The highest BCUT2D eigenvalue weighted by Gasteiger charge is 2.31. The number of benzene rings is 2. The average molecular weight is 269 g/mol. The van der Waals surface area contributed by atoms with Crippen molar-refractivity contribution in [1.82, 2.24) is 5.32 Å². The van der Waals surface area contributed by atoms with E-state index in [2.05, 4.69) is 48.6 Å². The number of nitrogens with one attached hydrogen (secondary N) is 1. The largest absolute Gasteiger partial charge is 0.496 e. The number of hydrogen-bond acceptors (Lipinski definition) is 2. The third-order valence-electron chi connectivity index (χ3n) is 4.63. The highest BCUT2D eigenvalue weighted by molar-refractivity contribution is 5.87. The minimum Gasteiger partial charge on any atom is -0.496 e. The molecule has 0 spiro atoms. The third-order valence-corrected chi connectivity index (χ3v) is 4.63. The summed E-state index contributed by atoms with van der Waals surface area (Å²) in [6, 6.07) is 12.7. The summed E-state index contributed by atoms with van der Waals surface area (Å²) < 4.78 is 5.54. The lowest BCUT2D eigenvalue weighted by molar-refractivity contribution is 0.156. The molecule has 2 aromatic rings. The van der Waals surface area contributed by atoms with Gasteiger partial charge in [-0.05, 0) is 35.1 Å². The molecular weight excluding hydrogens is 246 g/mol. The van der Waals surface area contributed by atoms with Gasteiger partial charge in [-0.2, -0.15) is 0 Å². The first kappa shape index (κ1) is 13.4. The molecule has 20 heavy (non-hydrogen) atoms. The molecule has 2 nitrogen and oxygen atoms in total. The van der Waals surface area contributed by atoms with Gasteiger partial charge in [0.1, 0.15) is 5.75 Å². The molecule has 0 unspecified atom stereocenters. The Morgan fingerprint density at radius 1 is 1.15 bits per heavy atom. The molecule has 0 bridgehead atoms. The molecule has 1 fully saturated rings. The summed E-state index contributed by atoms with van der Waals surface area (Å²) in [6.45, 7) is 4.35. The molecule has 2 aromatic carbocycles. The smallest absolute Gasteiger partial charge is 0.123 e. The predicted octanol–water partition coefficient (Wildman–Crippen LogP) is 4.13. The Morgan fingerprint density at radius 3 is 2.65 bits per heavy atom. The summed E-state index contributed by atoms with van der Waals surface area (Å²) in [5.41, 5.74) is 1.78. The van der Waals surface area contributed by atoms with Crippen molar-refractivity contribution in [3.8, 4) is 5.75 Å². The van der Waals surface area contributed by atoms with E-state index >= 15 is 0 Å². The summed E-state index contributed by atoms with van der Waals surface area (Å²) in [6.07, 6.45) is 4.09. The van der Waals surface area contributed by atoms with Crippen LogP contribution in [0.2, 0.25) is 0 Å². The number of fused-ring (bicyclic) bond motifs is 1. The van der Waals surface area contributed by atoms with E-state index in [1.165, 1.54) is 35.6 Å². The highest BCUT2D eigenvalue weighted by atomic mass is 16.5. The van der Waals surface area contributed by atoms with Gasteiger partial charge in [-0.1, -0.05) is 43.7 Å². The summed E-state index contributed by atoms with van der Waals surface area (Å²) in [7, 11) is 1.75. The Hall–Kier alpha value is -1.54. The molecule has 0 aliphatic heterocycles. The maximum atomic E-state index is 5.54. The molecule has 1 aliphatic rings. The van der Waals surface area contributed by atoms with Crippen LogP contribution in [0.4, 0.5) is 0 Å². The SMILES string of the molecule is COc1ccc2ccccc2c1CNCC1(C)CCC1. The molecule has 106 valence electrons. The van der Waals surface area contributed by atoms with Gasteiger partial charge in [-0.3, -0.25) is 0 Å². The molecule has 0 radical (unpaired) electrons. The van der Waals surface area contributed by atoms with Crippen LogP contribution in [0.25, 0.3) is 10.8 Å². The molecule has 0 saturated heterocycles. The van der Waals surface area contributed by atoms with Crippen LogP contribution in [0.1, 0.15) is 31.7 Å². The second kappa shape index (κ2) is 5.45. The van der Waals surface area contributed by atoms with Crippen molar-refractivity contribution in [2.24, 2.45) is 5.41 Å². The summed E-state index contributed by atoms with van der Waals surface area (Å²) in [4.78, 5) is 0.